The van der Waals surface area contributed by atoms with Crippen molar-refractivity contribution in [2.24, 2.45) is 0 Å². The van der Waals surface area contributed by atoms with Crippen LogP contribution in [0.25, 0.3) is 10.9 Å². The lowest BCUT2D eigenvalue weighted by atomic mass is 9.89. The zero-order valence-electron chi connectivity index (χ0n) is 12.0. The van der Waals surface area contributed by atoms with E-state index in [2.05, 4.69) is 31.0 Å². The minimum absolute atomic E-state index is 0.128. The minimum Gasteiger partial charge on any atom is -0.396 e. The van der Waals surface area contributed by atoms with E-state index in [9.17, 15) is 5.11 Å². The Labute approximate surface area is 114 Å². The predicted molar refractivity (Wildman–Crippen MR) is 78.3 cm³/mol. The molecule has 1 atom stereocenters. The van der Waals surface area contributed by atoms with Crippen LogP contribution in [0, 0.1) is 6.92 Å². The van der Waals surface area contributed by atoms with Gasteiger partial charge in [-0.05, 0) is 31.9 Å². The van der Waals surface area contributed by atoms with Crippen LogP contribution in [0.3, 0.4) is 0 Å². The topological polar surface area (TPSA) is 45.2 Å². The average molecular weight is 261 g/mol. The fraction of sp³-hybridized carbons (Fsp3) is 0.500. The maximum absolute atomic E-state index is 9.39. The van der Waals surface area contributed by atoms with Crippen molar-refractivity contribution in [1.82, 2.24) is 4.98 Å². The molecule has 0 aliphatic heterocycles. The molecular formula is C16H23NO2. The smallest absolute Gasteiger partial charge is 0.110 e. The van der Waals surface area contributed by atoms with Crippen molar-refractivity contribution >= 4 is 10.9 Å². The third-order valence-corrected chi connectivity index (χ3v) is 3.93. The standard InChI is InChI=1S/C16H23NO2/c1-4-16(10-11-18,19-5-2)15-12(3)13-8-6-7-9-14(13)17-15/h6-9,17-18H,4-5,10-11H2,1-3H3. The summed E-state index contributed by atoms with van der Waals surface area (Å²) in [4.78, 5) is 3.49. The highest BCUT2D eigenvalue weighted by Gasteiger charge is 2.34. The second-order valence-electron chi connectivity index (χ2n) is 4.93. The molecule has 0 saturated heterocycles. The van der Waals surface area contributed by atoms with Crippen molar-refractivity contribution in [2.75, 3.05) is 13.2 Å². The van der Waals surface area contributed by atoms with Gasteiger partial charge in [-0.1, -0.05) is 25.1 Å². The Balaban J connectivity index is 2.58. The first-order chi connectivity index (χ1) is 9.18. The van der Waals surface area contributed by atoms with E-state index in [-0.39, 0.29) is 6.61 Å². The summed E-state index contributed by atoms with van der Waals surface area (Å²) in [5.41, 5.74) is 3.05. The van der Waals surface area contributed by atoms with E-state index in [0.29, 0.717) is 13.0 Å². The number of aliphatic hydroxyl groups excluding tert-OH is 1. The van der Waals surface area contributed by atoms with Gasteiger partial charge < -0.3 is 14.8 Å². The molecule has 2 rings (SSSR count). The molecule has 2 aromatic rings. The van der Waals surface area contributed by atoms with Gasteiger partial charge in [0, 0.05) is 30.5 Å². The number of hydrogen-bond acceptors (Lipinski definition) is 2. The average Bonchev–Trinajstić information content (AvgIpc) is 2.77. The molecule has 3 nitrogen and oxygen atoms in total. The van der Waals surface area contributed by atoms with Gasteiger partial charge in [0.15, 0.2) is 0 Å². The van der Waals surface area contributed by atoms with E-state index in [0.717, 1.165) is 17.6 Å². The number of ether oxygens (including phenoxy) is 1. The lowest BCUT2D eigenvalue weighted by Crippen LogP contribution is -2.31. The molecule has 0 radical (unpaired) electrons. The molecule has 0 bridgehead atoms. The lowest BCUT2D eigenvalue weighted by molar-refractivity contribution is -0.0655. The highest BCUT2D eigenvalue weighted by atomic mass is 16.5. The summed E-state index contributed by atoms with van der Waals surface area (Å²) in [5, 5.41) is 10.6. The summed E-state index contributed by atoms with van der Waals surface area (Å²) in [6.45, 7) is 7.00. The van der Waals surface area contributed by atoms with Gasteiger partial charge in [0.2, 0.25) is 0 Å². The van der Waals surface area contributed by atoms with E-state index in [1.165, 1.54) is 10.9 Å². The van der Waals surface area contributed by atoms with Crippen molar-refractivity contribution < 1.29 is 9.84 Å². The molecule has 0 spiro atoms. The maximum Gasteiger partial charge on any atom is 0.110 e. The van der Waals surface area contributed by atoms with E-state index in [1.807, 2.05) is 19.1 Å². The zero-order valence-corrected chi connectivity index (χ0v) is 12.0. The van der Waals surface area contributed by atoms with E-state index < -0.39 is 5.60 Å². The summed E-state index contributed by atoms with van der Waals surface area (Å²) in [6.07, 6.45) is 1.46. The first kappa shape index (κ1) is 14.1. The lowest BCUT2D eigenvalue weighted by Gasteiger charge is -2.32. The second kappa shape index (κ2) is 5.76. The van der Waals surface area contributed by atoms with Crippen LogP contribution >= 0.6 is 0 Å². The number of aliphatic hydroxyl groups is 1. The Morgan fingerprint density at radius 2 is 2.00 bits per heavy atom. The molecule has 1 aromatic heterocycles. The molecule has 19 heavy (non-hydrogen) atoms. The van der Waals surface area contributed by atoms with Crippen molar-refractivity contribution in [1.29, 1.82) is 0 Å². The summed E-state index contributed by atoms with van der Waals surface area (Å²) in [7, 11) is 0. The Morgan fingerprint density at radius 1 is 1.26 bits per heavy atom. The molecule has 0 fully saturated rings. The first-order valence-electron chi connectivity index (χ1n) is 7.01. The number of para-hydroxylation sites is 1. The first-order valence-corrected chi connectivity index (χ1v) is 7.01. The highest BCUT2D eigenvalue weighted by molar-refractivity contribution is 5.84. The van der Waals surface area contributed by atoms with Gasteiger partial charge in [0.25, 0.3) is 0 Å². The highest BCUT2D eigenvalue weighted by Crippen LogP contribution is 2.37. The quantitative estimate of drug-likeness (QED) is 0.836. The van der Waals surface area contributed by atoms with Crippen molar-refractivity contribution in [3.8, 4) is 0 Å². The van der Waals surface area contributed by atoms with E-state index in [4.69, 9.17) is 4.74 Å². The van der Waals surface area contributed by atoms with E-state index in [1.54, 1.807) is 0 Å². The molecule has 1 heterocycles. The third kappa shape index (κ3) is 2.40. The van der Waals surface area contributed by atoms with Gasteiger partial charge in [0.05, 0.1) is 5.69 Å². The summed E-state index contributed by atoms with van der Waals surface area (Å²) >= 11 is 0. The number of aromatic amines is 1. The number of aryl methyl sites for hydroxylation is 1. The predicted octanol–water partition coefficient (Wildman–Crippen LogP) is 3.50. The largest absolute Gasteiger partial charge is 0.396 e. The van der Waals surface area contributed by atoms with Crippen LogP contribution in [-0.4, -0.2) is 23.3 Å². The third-order valence-electron chi connectivity index (χ3n) is 3.93. The number of aromatic nitrogens is 1. The SMILES string of the molecule is CCOC(CC)(CCO)c1[nH]c2ccccc2c1C. The molecule has 104 valence electrons. The fourth-order valence-corrected chi connectivity index (χ4v) is 2.92. The minimum atomic E-state index is -0.410. The number of benzene rings is 1. The number of rotatable bonds is 6. The van der Waals surface area contributed by atoms with Crippen LogP contribution in [0.2, 0.25) is 0 Å². The molecule has 0 amide bonds. The summed E-state index contributed by atoms with van der Waals surface area (Å²) < 4.78 is 6.02. The van der Waals surface area contributed by atoms with Crippen LogP contribution in [0.4, 0.5) is 0 Å². The zero-order chi connectivity index (χ0) is 13.9. The van der Waals surface area contributed by atoms with Gasteiger partial charge in [-0.15, -0.1) is 0 Å². The van der Waals surface area contributed by atoms with Crippen molar-refractivity contribution in [2.45, 2.75) is 39.2 Å². The Hall–Kier alpha value is -1.32. The fourth-order valence-electron chi connectivity index (χ4n) is 2.92. The van der Waals surface area contributed by atoms with Crippen molar-refractivity contribution in [3.63, 3.8) is 0 Å². The Morgan fingerprint density at radius 3 is 2.58 bits per heavy atom. The number of nitrogens with one attached hydrogen (secondary N) is 1. The number of fused-ring (bicyclic) bond motifs is 1. The molecule has 0 saturated carbocycles. The normalized spacial score (nSPS) is 14.7. The van der Waals surface area contributed by atoms with Crippen LogP contribution in [-0.2, 0) is 10.3 Å². The molecule has 0 aliphatic rings. The maximum atomic E-state index is 9.39. The molecule has 1 unspecified atom stereocenters. The van der Waals surface area contributed by atoms with Crippen LogP contribution < -0.4 is 0 Å². The van der Waals surface area contributed by atoms with Gasteiger partial charge in [-0.2, -0.15) is 0 Å². The monoisotopic (exact) mass is 261 g/mol. The number of hydrogen-bond donors (Lipinski definition) is 2. The van der Waals surface area contributed by atoms with Crippen LogP contribution in [0.15, 0.2) is 24.3 Å². The van der Waals surface area contributed by atoms with Gasteiger partial charge in [0.1, 0.15) is 5.60 Å². The van der Waals surface area contributed by atoms with Gasteiger partial charge in [-0.3, -0.25) is 0 Å². The molecule has 1 aromatic carbocycles. The van der Waals surface area contributed by atoms with Gasteiger partial charge >= 0.3 is 0 Å². The summed E-state index contributed by atoms with van der Waals surface area (Å²) in [6, 6.07) is 8.28. The van der Waals surface area contributed by atoms with Crippen molar-refractivity contribution in [3.05, 3.63) is 35.5 Å². The number of H-pyrrole nitrogens is 1. The second-order valence-corrected chi connectivity index (χ2v) is 4.93. The Kier molecular flexibility index (Phi) is 4.27. The van der Waals surface area contributed by atoms with Crippen LogP contribution in [0.1, 0.15) is 37.9 Å². The summed E-state index contributed by atoms with van der Waals surface area (Å²) in [5.74, 6) is 0. The Bertz CT molecular complexity index is 539. The van der Waals surface area contributed by atoms with E-state index >= 15 is 0 Å². The molecule has 0 aliphatic carbocycles. The molecule has 3 heteroatoms. The van der Waals surface area contributed by atoms with Crippen LogP contribution in [0.5, 0.6) is 0 Å². The van der Waals surface area contributed by atoms with Gasteiger partial charge in [-0.25, -0.2) is 0 Å². The molecule has 2 N–H and O–H groups in total. The molecular weight excluding hydrogens is 238 g/mol.